The molecule has 5 heteroatoms. The minimum atomic E-state index is 0.0708. The largest absolute Gasteiger partial charge is 0.464 e. The maximum atomic E-state index is 12.6. The number of nitrogens with one attached hydrogen (secondary N) is 1. The molecule has 3 heterocycles. The van der Waals surface area contributed by atoms with Gasteiger partial charge in [-0.15, -0.1) is 0 Å². The van der Waals surface area contributed by atoms with Gasteiger partial charge in [-0.3, -0.25) is 9.69 Å². The van der Waals surface area contributed by atoms with Crippen LogP contribution in [0.5, 0.6) is 0 Å². The first-order valence-corrected chi connectivity index (χ1v) is 9.12. The Bertz CT molecular complexity index is 798. The Morgan fingerprint density at radius 3 is 3.00 bits per heavy atom. The monoisotopic (exact) mass is 342 g/mol. The van der Waals surface area contributed by atoms with Crippen LogP contribution >= 0.6 is 0 Å². The van der Waals surface area contributed by atoms with Gasteiger partial charge in [-0.2, -0.15) is 0 Å². The van der Waals surface area contributed by atoms with E-state index in [1.165, 1.54) is 5.56 Å². The lowest BCUT2D eigenvalue weighted by atomic mass is 10.0. The van der Waals surface area contributed by atoms with Crippen LogP contribution in [0.25, 0.3) is 11.0 Å². The van der Waals surface area contributed by atoms with Crippen LogP contribution in [0, 0.1) is 13.8 Å². The number of morpholine rings is 1. The smallest absolute Gasteiger partial charge is 0.224 e. The van der Waals surface area contributed by atoms with Crippen LogP contribution in [0.15, 0.2) is 22.8 Å². The Morgan fingerprint density at radius 1 is 1.32 bits per heavy atom. The Kier molecular flexibility index (Phi) is 4.29. The van der Waals surface area contributed by atoms with Crippen molar-refractivity contribution in [1.29, 1.82) is 0 Å². The van der Waals surface area contributed by atoms with Gasteiger partial charge in [-0.25, -0.2) is 0 Å². The molecule has 4 rings (SSSR count). The fraction of sp³-hybridized carbons (Fsp3) is 0.550. The van der Waals surface area contributed by atoms with Gasteiger partial charge in [0.05, 0.1) is 25.4 Å². The second-order valence-corrected chi connectivity index (χ2v) is 7.64. The van der Waals surface area contributed by atoms with Crippen molar-refractivity contribution in [3.05, 3.63) is 35.1 Å². The van der Waals surface area contributed by atoms with Gasteiger partial charge in [0.15, 0.2) is 0 Å². The van der Waals surface area contributed by atoms with E-state index in [1.807, 2.05) is 6.07 Å². The maximum Gasteiger partial charge on any atom is 0.224 e. The summed E-state index contributed by atoms with van der Waals surface area (Å²) in [6, 6.07) is 4.82. The second kappa shape index (κ2) is 6.46. The number of benzene rings is 1. The quantitative estimate of drug-likeness (QED) is 0.931. The molecule has 2 aliphatic rings. The summed E-state index contributed by atoms with van der Waals surface area (Å²) in [6.07, 6.45) is 3.35. The van der Waals surface area contributed by atoms with Crippen LogP contribution < -0.4 is 5.32 Å². The van der Waals surface area contributed by atoms with Crippen LogP contribution in [0.2, 0.25) is 0 Å². The summed E-state index contributed by atoms with van der Waals surface area (Å²) in [7, 11) is 0. The molecule has 1 N–H and O–H groups in total. The minimum absolute atomic E-state index is 0.0708. The van der Waals surface area contributed by atoms with E-state index in [4.69, 9.17) is 9.15 Å². The number of carbonyl (C=O) groups is 1. The maximum absolute atomic E-state index is 12.6. The molecule has 1 aromatic heterocycles. The summed E-state index contributed by atoms with van der Waals surface area (Å²) in [5.41, 5.74) is 4.17. The number of rotatable bonds is 3. The van der Waals surface area contributed by atoms with E-state index < -0.39 is 0 Å². The van der Waals surface area contributed by atoms with E-state index >= 15 is 0 Å². The molecule has 2 fully saturated rings. The van der Waals surface area contributed by atoms with Crippen LogP contribution in [0.1, 0.15) is 30.0 Å². The molecule has 0 unspecified atom stereocenters. The molecule has 1 aromatic carbocycles. The zero-order valence-electron chi connectivity index (χ0n) is 15.2. The molecule has 0 aliphatic carbocycles. The first-order chi connectivity index (χ1) is 12.0. The van der Waals surface area contributed by atoms with E-state index in [1.54, 1.807) is 6.26 Å². The number of hydrogen-bond acceptors (Lipinski definition) is 4. The van der Waals surface area contributed by atoms with Gasteiger partial charge in [0.1, 0.15) is 5.58 Å². The number of nitrogens with zero attached hydrogens (tertiary/aromatic N) is 1. The van der Waals surface area contributed by atoms with Crippen LogP contribution in [0.3, 0.4) is 0 Å². The molecule has 5 nitrogen and oxygen atoms in total. The molecule has 134 valence electrons. The van der Waals surface area contributed by atoms with E-state index in [0.717, 1.165) is 48.2 Å². The third-order valence-corrected chi connectivity index (χ3v) is 5.40. The predicted octanol–water partition coefficient (Wildman–Crippen LogP) is 2.57. The predicted molar refractivity (Wildman–Crippen MR) is 96.7 cm³/mol. The molecule has 1 amide bonds. The molecular weight excluding hydrogens is 316 g/mol. The highest BCUT2D eigenvalue weighted by Gasteiger charge is 2.36. The molecule has 0 saturated carbocycles. The zero-order chi connectivity index (χ0) is 17.6. The number of ether oxygens (including phenoxy) is 1. The lowest BCUT2D eigenvalue weighted by molar-refractivity contribution is -0.121. The SMILES string of the molecule is Cc1cc(C)c2c(CC(=O)N[C@@H]3C[C@H]4CO[C@@H](C)CN4C3)coc2c1. The summed E-state index contributed by atoms with van der Waals surface area (Å²) >= 11 is 0. The van der Waals surface area contributed by atoms with Crippen LogP contribution in [-0.4, -0.2) is 48.7 Å². The molecule has 2 aromatic rings. The van der Waals surface area contributed by atoms with Gasteiger partial charge in [0.2, 0.25) is 5.91 Å². The normalized spacial score (nSPS) is 26.8. The van der Waals surface area contributed by atoms with Crippen molar-refractivity contribution in [3.63, 3.8) is 0 Å². The lowest BCUT2D eigenvalue weighted by Gasteiger charge is -2.33. The molecule has 2 aliphatic heterocycles. The van der Waals surface area contributed by atoms with Crippen molar-refractivity contribution in [2.45, 2.75) is 51.8 Å². The minimum Gasteiger partial charge on any atom is -0.464 e. The summed E-state index contributed by atoms with van der Waals surface area (Å²) in [5, 5.41) is 4.28. The third-order valence-electron chi connectivity index (χ3n) is 5.40. The second-order valence-electron chi connectivity index (χ2n) is 7.64. The summed E-state index contributed by atoms with van der Waals surface area (Å²) in [5.74, 6) is 0.0708. The molecular formula is C20H26N2O3. The number of hydrogen-bond donors (Lipinski definition) is 1. The summed E-state index contributed by atoms with van der Waals surface area (Å²) in [6.45, 7) is 8.90. The summed E-state index contributed by atoms with van der Waals surface area (Å²) < 4.78 is 11.4. The number of fused-ring (bicyclic) bond motifs is 2. The Labute approximate surface area is 148 Å². The Morgan fingerprint density at radius 2 is 2.16 bits per heavy atom. The van der Waals surface area contributed by atoms with Crippen molar-refractivity contribution in [3.8, 4) is 0 Å². The zero-order valence-corrected chi connectivity index (χ0v) is 15.2. The van der Waals surface area contributed by atoms with Crippen LogP contribution in [0.4, 0.5) is 0 Å². The third kappa shape index (κ3) is 3.31. The molecule has 2 saturated heterocycles. The van der Waals surface area contributed by atoms with Gasteiger partial charge >= 0.3 is 0 Å². The number of carbonyl (C=O) groups excluding carboxylic acids is 1. The molecule has 25 heavy (non-hydrogen) atoms. The molecule has 0 radical (unpaired) electrons. The van der Waals surface area contributed by atoms with Crippen molar-refractivity contribution < 1.29 is 13.9 Å². The van der Waals surface area contributed by atoms with Gasteiger partial charge in [0.25, 0.3) is 0 Å². The van der Waals surface area contributed by atoms with Crippen molar-refractivity contribution in [2.75, 3.05) is 19.7 Å². The van der Waals surface area contributed by atoms with E-state index in [0.29, 0.717) is 12.5 Å². The topological polar surface area (TPSA) is 54.7 Å². The van der Waals surface area contributed by atoms with Crippen LogP contribution in [-0.2, 0) is 16.0 Å². The standard InChI is InChI=1S/C20H26N2O3/c1-12-4-13(2)20-15(10-25-18(20)5-12)6-19(23)21-16-7-17-11-24-14(3)8-22(17)9-16/h4-5,10,14,16-17H,6-9,11H2,1-3H3,(H,21,23)/t14-,16+,17-/m0/s1. The highest BCUT2D eigenvalue weighted by molar-refractivity contribution is 5.90. The lowest BCUT2D eigenvalue weighted by Crippen LogP contribution is -2.45. The Balaban J connectivity index is 1.42. The first kappa shape index (κ1) is 16.6. The van der Waals surface area contributed by atoms with E-state index in [9.17, 15) is 4.79 Å². The first-order valence-electron chi connectivity index (χ1n) is 9.12. The van der Waals surface area contributed by atoms with Gasteiger partial charge < -0.3 is 14.5 Å². The summed E-state index contributed by atoms with van der Waals surface area (Å²) in [4.78, 5) is 15.0. The van der Waals surface area contributed by atoms with Gasteiger partial charge in [-0.05, 0) is 44.4 Å². The van der Waals surface area contributed by atoms with E-state index in [-0.39, 0.29) is 18.1 Å². The van der Waals surface area contributed by atoms with Crippen molar-refractivity contribution >= 4 is 16.9 Å². The van der Waals surface area contributed by atoms with Gasteiger partial charge in [-0.1, -0.05) is 6.07 Å². The average Bonchev–Trinajstić information content (AvgIpc) is 3.10. The highest BCUT2D eigenvalue weighted by Crippen LogP contribution is 2.27. The Hall–Kier alpha value is -1.85. The fourth-order valence-electron chi connectivity index (χ4n) is 4.35. The highest BCUT2D eigenvalue weighted by atomic mass is 16.5. The number of amides is 1. The van der Waals surface area contributed by atoms with Crippen molar-refractivity contribution in [1.82, 2.24) is 10.2 Å². The van der Waals surface area contributed by atoms with E-state index in [2.05, 4.69) is 37.1 Å². The molecule has 3 atom stereocenters. The number of furan rings is 1. The molecule has 0 spiro atoms. The van der Waals surface area contributed by atoms with Crippen molar-refractivity contribution in [2.24, 2.45) is 0 Å². The average molecular weight is 342 g/mol. The van der Waals surface area contributed by atoms with Gasteiger partial charge in [0, 0.05) is 36.1 Å². The number of aryl methyl sites for hydroxylation is 2. The fourth-order valence-corrected chi connectivity index (χ4v) is 4.35. The molecule has 0 bridgehead atoms.